The highest BCUT2D eigenvalue weighted by Crippen LogP contribution is 2.34. The van der Waals surface area contributed by atoms with Crippen LogP contribution in [-0.2, 0) is 9.59 Å². The molecule has 2 heterocycles. The molecule has 2 N–H and O–H groups in total. The monoisotopic (exact) mass is 400 g/mol. The molecule has 0 radical (unpaired) electrons. The van der Waals surface area contributed by atoms with E-state index in [1.807, 2.05) is 30.3 Å². The maximum absolute atomic E-state index is 12.8. The van der Waals surface area contributed by atoms with E-state index in [0.717, 1.165) is 11.1 Å². The lowest BCUT2D eigenvalue weighted by atomic mass is 10.1. The van der Waals surface area contributed by atoms with Crippen molar-refractivity contribution in [3.63, 3.8) is 0 Å². The Balaban J connectivity index is 1.65. The molecule has 2 aromatic carbocycles. The number of halogens is 2. The first-order valence-electron chi connectivity index (χ1n) is 8.21. The quantitative estimate of drug-likeness (QED) is 0.684. The lowest BCUT2D eigenvalue weighted by Crippen LogP contribution is -2.35. The topological polar surface area (TPSA) is 76.0 Å². The fourth-order valence-corrected chi connectivity index (χ4v) is 3.30. The van der Waals surface area contributed by atoms with Crippen molar-refractivity contribution in [3.05, 3.63) is 64.8 Å². The van der Waals surface area contributed by atoms with E-state index in [2.05, 4.69) is 15.7 Å². The van der Waals surface area contributed by atoms with Crippen molar-refractivity contribution in [1.29, 1.82) is 0 Å². The number of benzene rings is 2. The van der Waals surface area contributed by atoms with Crippen molar-refractivity contribution in [2.45, 2.75) is 12.5 Å². The molecule has 1 atom stereocenters. The molecule has 1 aliphatic rings. The zero-order valence-electron chi connectivity index (χ0n) is 13.9. The zero-order valence-corrected chi connectivity index (χ0v) is 15.5. The first kappa shape index (κ1) is 17.6. The normalized spacial score (nSPS) is 15.8. The van der Waals surface area contributed by atoms with E-state index < -0.39 is 6.04 Å². The van der Waals surface area contributed by atoms with Crippen LogP contribution in [0.2, 0.25) is 10.0 Å². The first-order chi connectivity index (χ1) is 13.0. The Morgan fingerprint density at radius 3 is 2.67 bits per heavy atom. The van der Waals surface area contributed by atoms with Gasteiger partial charge in [-0.25, -0.2) is 4.68 Å². The van der Waals surface area contributed by atoms with Gasteiger partial charge in [0.25, 0.3) is 0 Å². The van der Waals surface area contributed by atoms with Gasteiger partial charge in [-0.2, -0.15) is 5.10 Å². The van der Waals surface area contributed by atoms with Crippen molar-refractivity contribution in [1.82, 2.24) is 9.78 Å². The molecule has 0 fully saturated rings. The molecule has 136 valence electrons. The highest BCUT2D eigenvalue weighted by atomic mass is 35.5. The molecule has 27 heavy (non-hydrogen) atoms. The average molecular weight is 401 g/mol. The van der Waals surface area contributed by atoms with Crippen LogP contribution < -0.4 is 10.6 Å². The maximum Gasteiger partial charge on any atom is 0.249 e. The number of fused-ring (bicyclic) bond motifs is 1. The summed E-state index contributed by atoms with van der Waals surface area (Å²) in [5, 5.41) is 10.7. The van der Waals surface area contributed by atoms with Crippen molar-refractivity contribution < 1.29 is 9.59 Å². The average Bonchev–Trinajstić information content (AvgIpc) is 3.08. The van der Waals surface area contributed by atoms with Gasteiger partial charge in [0.15, 0.2) is 0 Å². The van der Waals surface area contributed by atoms with Gasteiger partial charge in [0, 0.05) is 11.3 Å². The Hall–Kier alpha value is -2.83. The van der Waals surface area contributed by atoms with Crippen LogP contribution in [0.1, 0.15) is 12.5 Å². The fourth-order valence-electron chi connectivity index (χ4n) is 3.00. The third-order valence-electron chi connectivity index (χ3n) is 4.30. The first-order valence-corrected chi connectivity index (χ1v) is 8.97. The number of carbonyl (C=O) groups is 2. The van der Waals surface area contributed by atoms with E-state index in [4.69, 9.17) is 23.2 Å². The van der Waals surface area contributed by atoms with Crippen molar-refractivity contribution in [2.24, 2.45) is 0 Å². The summed E-state index contributed by atoms with van der Waals surface area (Å²) in [6.07, 6.45) is 1.64. The van der Waals surface area contributed by atoms with E-state index in [1.165, 1.54) is 4.68 Å². The molecule has 0 bridgehead atoms. The lowest BCUT2D eigenvalue weighted by molar-refractivity contribution is -0.125. The summed E-state index contributed by atoms with van der Waals surface area (Å²) in [4.78, 5) is 25.0. The van der Waals surface area contributed by atoms with Gasteiger partial charge in [0.1, 0.15) is 11.9 Å². The third kappa shape index (κ3) is 3.41. The van der Waals surface area contributed by atoms with Gasteiger partial charge in [-0.15, -0.1) is 0 Å². The van der Waals surface area contributed by atoms with Crippen LogP contribution in [0.5, 0.6) is 0 Å². The molecule has 2 amide bonds. The molecule has 4 rings (SSSR count). The number of rotatable bonds is 3. The number of nitrogens with one attached hydrogen (secondary N) is 2. The Labute approximate surface area is 165 Å². The smallest absolute Gasteiger partial charge is 0.249 e. The largest absolute Gasteiger partial charge is 0.324 e. The van der Waals surface area contributed by atoms with Crippen molar-refractivity contribution in [3.8, 4) is 11.1 Å². The molecule has 0 unspecified atom stereocenters. The van der Waals surface area contributed by atoms with E-state index in [0.29, 0.717) is 21.6 Å². The highest BCUT2D eigenvalue weighted by Gasteiger charge is 2.33. The number of hydrogen-bond acceptors (Lipinski definition) is 3. The highest BCUT2D eigenvalue weighted by molar-refractivity contribution is 6.42. The van der Waals surface area contributed by atoms with Gasteiger partial charge >= 0.3 is 0 Å². The molecule has 1 aromatic heterocycles. The molecule has 0 saturated heterocycles. The molecule has 0 aliphatic carbocycles. The minimum absolute atomic E-state index is 0.00390. The molecular formula is C19H14Cl2N4O2. The Morgan fingerprint density at radius 2 is 1.93 bits per heavy atom. The number of nitrogens with zero attached hydrogens (tertiary/aromatic N) is 2. The SMILES string of the molecule is O=C1C[C@@H](C(=O)Nc2ccc(Cl)c(Cl)c2)n2ncc(-c3ccccc3)c2N1. The second-order valence-corrected chi connectivity index (χ2v) is 6.92. The minimum atomic E-state index is -0.763. The summed E-state index contributed by atoms with van der Waals surface area (Å²) in [7, 11) is 0. The van der Waals surface area contributed by atoms with E-state index in [9.17, 15) is 9.59 Å². The van der Waals surface area contributed by atoms with Crippen molar-refractivity contribution in [2.75, 3.05) is 10.6 Å². The van der Waals surface area contributed by atoms with Gasteiger partial charge in [-0.05, 0) is 23.8 Å². The van der Waals surface area contributed by atoms with E-state index >= 15 is 0 Å². The third-order valence-corrected chi connectivity index (χ3v) is 5.04. The van der Waals surface area contributed by atoms with Crippen molar-refractivity contribution >= 4 is 46.5 Å². The maximum atomic E-state index is 12.8. The fraction of sp³-hybridized carbons (Fsp3) is 0.105. The van der Waals surface area contributed by atoms with Crippen LogP contribution in [0.4, 0.5) is 11.5 Å². The van der Waals surface area contributed by atoms with Gasteiger partial charge in [0.05, 0.1) is 22.7 Å². The van der Waals surface area contributed by atoms with Crippen LogP contribution in [0.3, 0.4) is 0 Å². The predicted octanol–water partition coefficient (Wildman–Crippen LogP) is 4.38. The number of aromatic nitrogens is 2. The molecule has 1 aliphatic heterocycles. The van der Waals surface area contributed by atoms with Gasteiger partial charge in [0.2, 0.25) is 11.8 Å². The summed E-state index contributed by atoms with van der Waals surface area (Å²) in [6.45, 7) is 0. The molecular weight excluding hydrogens is 387 g/mol. The predicted molar refractivity (Wildman–Crippen MR) is 105 cm³/mol. The van der Waals surface area contributed by atoms with E-state index in [1.54, 1.807) is 24.4 Å². The van der Waals surface area contributed by atoms with Gasteiger partial charge in [-0.3, -0.25) is 9.59 Å². The van der Waals surface area contributed by atoms with E-state index in [-0.39, 0.29) is 18.2 Å². The molecule has 3 aromatic rings. The number of carbonyl (C=O) groups excluding carboxylic acids is 2. The molecule has 6 nitrogen and oxygen atoms in total. The molecule has 0 saturated carbocycles. The standard InChI is InChI=1S/C19H14Cl2N4O2/c20-14-7-6-12(8-15(14)21)23-19(27)16-9-17(26)24-18-13(10-22-25(16)18)11-4-2-1-3-5-11/h1-8,10,16H,9H2,(H,23,27)(H,24,26)/t16-/m0/s1. The Morgan fingerprint density at radius 1 is 1.15 bits per heavy atom. The van der Waals surface area contributed by atoms with Crippen LogP contribution in [-0.4, -0.2) is 21.6 Å². The van der Waals surface area contributed by atoms with Crippen LogP contribution in [0.25, 0.3) is 11.1 Å². The Bertz CT molecular complexity index is 1030. The lowest BCUT2D eigenvalue weighted by Gasteiger charge is -2.24. The molecule has 0 spiro atoms. The summed E-state index contributed by atoms with van der Waals surface area (Å²) >= 11 is 11.9. The Kier molecular flexibility index (Phi) is 4.59. The second kappa shape index (κ2) is 7.06. The summed E-state index contributed by atoms with van der Waals surface area (Å²) in [6, 6.07) is 13.6. The van der Waals surface area contributed by atoms with Crippen LogP contribution in [0, 0.1) is 0 Å². The summed E-state index contributed by atoms with van der Waals surface area (Å²) < 4.78 is 1.54. The number of hydrogen-bond donors (Lipinski definition) is 2. The van der Waals surface area contributed by atoms with Crippen LogP contribution >= 0.6 is 23.2 Å². The number of amides is 2. The summed E-state index contributed by atoms with van der Waals surface area (Å²) in [5.41, 5.74) is 2.16. The second-order valence-electron chi connectivity index (χ2n) is 6.10. The van der Waals surface area contributed by atoms with Crippen LogP contribution in [0.15, 0.2) is 54.7 Å². The molecule has 8 heteroatoms. The minimum Gasteiger partial charge on any atom is -0.324 e. The summed E-state index contributed by atoms with van der Waals surface area (Å²) in [5.74, 6) is -0.0894. The van der Waals surface area contributed by atoms with Gasteiger partial charge < -0.3 is 10.6 Å². The number of anilines is 2. The van der Waals surface area contributed by atoms with Gasteiger partial charge in [-0.1, -0.05) is 53.5 Å². The zero-order chi connectivity index (χ0) is 19.0.